The van der Waals surface area contributed by atoms with Crippen molar-refractivity contribution >= 4 is 8.15 Å². The van der Waals surface area contributed by atoms with E-state index in [4.69, 9.17) is 9.26 Å². The van der Waals surface area contributed by atoms with E-state index in [0.29, 0.717) is 13.2 Å². The fourth-order valence-electron chi connectivity index (χ4n) is 4.95. The summed E-state index contributed by atoms with van der Waals surface area (Å²) in [5.74, 6) is 0. The van der Waals surface area contributed by atoms with Crippen LogP contribution in [0.5, 0.6) is 0 Å². The lowest BCUT2D eigenvalue weighted by Crippen LogP contribution is -2.47. The molecule has 3 heteroatoms. The van der Waals surface area contributed by atoms with Crippen LogP contribution in [0.4, 0.5) is 0 Å². The molecule has 0 amide bonds. The van der Waals surface area contributed by atoms with Gasteiger partial charge in [0.15, 0.2) is 5.34 Å². The van der Waals surface area contributed by atoms with Gasteiger partial charge in [-0.2, -0.15) is 0 Å². The molecule has 0 N–H and O–H groups in total. The zero-order valence-corrected chi connectivity index (χ0v) is 18.1. The van der Waals surface area contributed by atoms with E-state index in [9.17, 15) is 0 Å². The lowest BCUT2D eigenvalue weighted by molar-refractivity contribution is -0.0225. The predicted molar refractivity (Wildman–Crippen MR) is 121 cm³/mol. The summed E-state index contributed by atoms with van der Waals surface area (Å²) in [4.78, 5) is 0. The average Bonchev–Trinajstić information content (AvgIpc) is 3.12. The standard InChI is InChI=1S/C26H29O2P/c1-3-27-26(24-18-12-7-13-19-24)25(20-21-29(26)28-4-2,22-14-8-5-9-15-22)23-16-10-6-11-17-23/h5-19H,3-4,20-21H2,1-2H3. The van der Waals surface area contributed by atoms with Gasteiger partial charge in [-0.05, 0) is 43.1 Å². The van der Waals surface area contributed by atoms with Crippen LogP contribution in [0.2, 0.25) is 0 Å². The molecule has 1 fully saturated rings. The fraction of sp³-hybridized carbons (Fsp3) is 0.308. The van der Waals surface area contributed by atoms with Gasteiger partial charge in [-0.3, -0.25) is 0 Å². The van der Waals surface area contributed by atoms with Gasteiger partial charge in [0.1, 0.15) is 0 Å². The van der Waals surface area contributed by atoms with E-state index in [1.54, 1.807) is 0 Å². The van der Waals surface area contributed by atoms with E-state index >= 15 is 0 Å². The number of hydrogen-bond donors (Lipinski definition) is 0. The van der Waals surface area contributed by atoms with E-state index in [2.05, 4.69) is 105 Å². The quantitative estimate of drug-likeness (QED) is 0.408. The van der Waals surface area contributed by atoms with Crippen molar-refractivity contribution in [2.24, 2.45) is 0 Å². The predicted octanol–water partition coefficient (Wildman–Crippen LogP) is 6.70. The van der Waals surface area contributed by atoms with Gasteiger partial charge >= 0.3 is 0 Å². The maximum absolute atomic E-state index is 6.87. The van der Waals surface area contributed by atoms with Crippen molar-refractivity contribution in [3.05, 3.63) is 108 Å². The first kappa shape index (κ1) is 20.3. The third kappa shape index (κ3) is 3.24. The van der Waals surface area contributed by atoms with Crippen LogP contribution in [-0.2, 0) is 20.0 Å². The van der Waals surface area contributed by atoms with Crippen molar-refractivity contribution in [2.75, 3.05) is 19.4 Å². The third-order valence-electron chi connectivity index (χ3n) is 5.96. The highest BCUT2D eigenvalue weighted by atomic mass is 31.1. The summed E-state index contributed by atoms with van der Waals surface area (Å²) in [6, 6.07) is 32.5. The summed E-state index contributed by atoms with van der Waals surface area (Å²) in [5, 5.41) is -0.531. The molecule has 2 nitrogen and oxygen atoms in total. The Bertz CT molecular complexity index is 858. The highest BCUT2D eigenvalue weighted by molar-refractivity contribution is 7.54. The Morgan fingerprint density at radius 3 is 1.62 bits per heavy atom. The summed E-state index contributed by atoms with van der Waals surface area (Å²) < 4.78 is 13.3. The van der Waals surface area contributed by atoms with Crippen molar-refractivity contribution in [1.82, 2.24) is 0 Å². The monoisotopic (exact) mass is 404 g/mol. The van der Waals surface area contributed by atoms with Crippen LogP contribution in [0.15, 0.2) is 91.0 Å². The zero-order chi connectivity index (χ0) is 20.2. The maximum Gasteiger partial charge on any atom is 0.150 e. The minimum Gasteiger partial charge on any atom is -0.362 e. The first-order valence-corrected chi connectivity index (χ1v) is 11.9. The van der Waals surface area contributed by atoms with Crippen LogP contribution in [0.1, 0.15) is 37.0 Å². The van der Waals surface area contributed by atoms with Crippen molar-refractivity contribution in [3.8, 4) is 0 Å². The van der Waals surface area contributed by atoms with Crippen LogP contribution < -0.4 is 0 Å². The number of benzene rings is 3. The van der Waals surface area contributed by atoms with Crippen LogP contribution in [0.3, 0.4) is 0 Å². The SMILES string of the molecule is CCOP1CCC(c2ccccc2)(c2ccccc2)C1(OCC)c1ccccc1. The van der Waals surface area contributed by atoms with Crippen LogP contribution in [0.25, 0.3) is 0 Å². The summed E-state index contributed by atoms with van der Waals surface area (Å²) in [6.07, 6.45) is 2.02. The second-order valence-electron chi connectivity index (χ2n) is 7.35. The van der Waals surface area contributed by atoms with Gasteiger partial charge in [0.05, 0.1) is 13.6 Å². The van der Waals surface area contributed by atoms with Crippen LogP contribution in [-0.4, -0.2) is 19.4 Å². The van der Waals surface area contributed by atoms with E-state index in [1.165, 1.54) is 16.7 Å². The lowest BCUT2D eigenvalue weighted by atomic mass is 9.66. The van der Waals surface area contributed by atoms with Gasteiger partial charge in [-0.25, -0.2) is 0 Å². The van der Waals surface area contributed by atoms with Crippen molar-refractivity contribution < 1.29 is 9.26 Å². The molecule has 0 aliphatic carbocycles. The molecule has 29 heavy (non-hydrogen) atoms. The Labute approximate surface area is 175 Å². The Morgan fingerprint density at radius 2 is 1.17 bits per heavy atom. The Morgan fingerprint density at radius 1 is 0.690 bits per heavy atom. The number of ether oxygens (including phenoxy) is 1. The first-order valence-electron chi connectivity index (χ1n) is 10.5. The molecular weight excluding hydrogens is 375 g/mol. The Kier molecular flexibility index (Phi) is 6.15. The number of hydrogen-bond acceptors (Lipinski definition) is 2. The molecular formula is C26H29O2P. The topological polar surface area (TPSA) is 18.5 Å². The molecule has 1 heterocycles. The minimum absolute atomic E-state index is 0.298. The molecule has 150 valence electrons. The van der Waals surface area contributed by atoms with E-state index in [0.717, 1.165) is 12.6 Å². The molecule has 2 atom stereocenters. The van der Waals surface area contributed by atoms with Crippen molar-refractivity contribution in [1.29, 1.82) is 0 Å². The van der Waals surface area contributed by atoms with Crippen molar-refractivity contribution in [2.45, 2.75) is 31.0 Å². The van der Waals surface area contributed by atoms with Gasteiger partial charge < -0.3 is 9.26 Å². The molecule has 1 aliphatic heterocycles. The number of rotatable bonds is 7. The minimum atomic E-state index is -0.832. The summed E-state index contributed by atoms with van der Waals surface area (Å²) in [6.45, 7) is 5.54. The van der Waals surface area contributed by atoms with E-state index < -0.39 is 13.5 Å². The Balaban J connectivity index is 2.07. The molecule has 1 aliphatic rings. The molecule has 3 aromatic carbocycles. The van der Waals surface area contributed by atoms with E-state index in [-0.39, 0.29) is 5.41 Å². The zero-order valence-electron chi connectivity index (χ0n) is 17.3. The molecule has 0 radical (unpaired) electrons. The highest BCUT2D eigenvalue weighted by Crippen LogP contribution is 2.74. The summed E-state index contributed by atoms with van der Waals surface area (Å²) in [5.41, 5.74) is 3.52. The van der Waals surface area contributed by atoms with Gasteiger partial charge in [0.25, 0.3) is 0 Å². The smallest absolute Gasteiger partial charge is 0.150 e. The molecule has 0 bridgehead atoms. The van der Waals surface area contributed by atoms with Gasteiger partial charge in [-0.15, -0.1) is 0 Å². The first-order chi connectivity index (χ1) is 14.3. The third-order valence-corrected chi connectivity index (χ3v) is 8.63. The van der Waals surface area contributed by atoms with Crippen LogP contribution in [0, 0.1) is 0 Å². The molecule has 0 spiro atoms. The summed E-state index contributed by atoms with van der Waals surface area (Å²) >= 11 is 0. The Hall–Kier alpha value is -1.99. The molecule has 1 saturated heterocycles. The lowest BCUT2D eigenvalue weighted by Gasteiger charge is -2.49. The molecule has 2 unspecified atom stereocenters. The second-order valence-corrected chi connectivity index (χ2v) is 9.44. The van der Waals surface area contributed by atoms with Gasteiger partial charge in [0, 0.05) is 13.2 Å². The second kappa shape index (κ2) is 8.79. The fourth-order valence-corrected chi connectivity index (χ4v) is 7.94. The molecule has 0 aromatic heterocycles. The maximum atomic E-state index is 6.87. The molecule has 4 rings (SSSR count). The largest absolute Gasteiger partial charge is 0.362 e. The molecule has 3 aromatic rings. The van der Waals surface area contributed by atoms with Crippen molar-refractivity contribution in [3.63, 3.8) is 0 Å². The van der Waals surface area contributed by atoms with Gasteiger partial charge in [-0.1, -0.05) is 91.0 Å². The van der Waals surface area contributed by atoms with Crippen LogP contribution >= 0.6 is 8.15 Å². The van der Waals surface area contributed by atoms with Gasteiger partial charge in [0.2, 0.25) is 0 Å². The average molecular weight is 404 g/mol. The summed E-state index contributed by atoms with van der Waals surface area (Å²) in [7, 11) is -0.832. The molecule has 0 saturated carbocycles. The normalized spacial score (nSPS) is 23.2. The van der Waals surface area contributed by atoms with E-state index in [1.807, 2.05) is 0 Å². The highest BCUT2D eigenvalue weighted by Gasteiger charge is 2.64.